The molecule has 0 saturated heterocycles. The molecule has 21 heavy (non-hydrogen) atoms. The average Bonchev–Trinajstić information content (AvgIpc) is 2.64. The van der Waals surface area contributed by atoms with Gasteiger partial charge in [0, 0.05) is 26.1 Å². The van der Waals surface area contributed by atoms with Crippen LogP contribution in [0.15, 0.2) is 12.1 Å². The molecule has 0 radical (unpaired) electrons. The predicted octanol–water partition coefficient (Wildman–Crippen LogP) is 3.41. The topological polar surface area (TPSA) is 39.7 Å². The predicted molar refractivity (Wildman–Crippen MR) is 84.5 cm³/mol. The molecule has 0 spiro atoms. The lowest BCUT2D eigenvalue weighted by Gasteiger charge is -2.25. The molecule has 5 heteroatoms. The molecule has 0 aliphatic carbocycles. The smallest absolute Gasteiger partial charge is 0.179 e. The van der Waals surface area contributed by atoms with Gasteiger partial charge in [-0.15, -0.1) is 0 Å². The summed E-state index contributed by atoms with van der Waals surface area (Å²) in [5.74, 6) is 1.40. The lowest BCUT2D eigenvalue weighted by atomic mass is 10.1. The molecule has 0 aromatic heterocycles. The van der Waals surface area contributed by atoms with E-state index in [0.717, 1.165) is 24.3 Å². The van der Waals surface area contributed by atoms with Gasteiger partial charge in [0.1, 0.15) is 0 Å². The fraction of sp³-hybridized carbons (Fsp3) is 0.625. The van der Waals surface area contributed by atoms with Crippen LogP contribution >= 0.6 is 11.6 Å². The molecule has 0 atom stereocenters. The number of fused-ring (bicyclic) bond motifs is 1. The van der Waals surface area contributed by atoms with Gasteiger partial charge in [0.2, 0.25) is 0 Å². The lowest BCUT2D eigenvalue weighted by Crippen LogP contribution is -2.37. The zero-order valence-corrected chi connectivity index (χ0v) is 13.8. The van der Waals surface area contributed by atoms with Gasteiger partial charge >= 0.3 is 0 Å². The van der Waals surface area contributed by atoms with Crippen molar-refractivity contribution < 1.29 is 14.2 Å². The minimum absolute atomic E-state index is 0.177. The fourth-order valence-electron chi connectivity index (χ4n) is 2.34. The van der Waals surface area contributed by atoms with Crippen LogP contribution in [0.2, 0.25) is 5.02 Å². The molecule has 0 bridgehead atoms. The normalized spacial score (nSPS) is 14.9. The zero-order chi connectivity index (χ0) is 15.3. The van der Waals surface area contributed by atoms with Crippen molar-refractivity contribution >= 4 is 11.6 Å². The summed E-state index contributed by atoms with van der Waals surface area (Å²) in [6, 6.07) is 3.92. The Kier molecular flexibility index (Phi) is 5.73. The van der Waals surface area contributed by atoms with Crippen LogP contribution in [0.25, 0.3) is 0 Å². The van der Waals surface area contributed by atoms with E-state index in [1.165, 1.54) is 0 Å². The van der Waals surface area contributed by atoms with Gasteiger partial charge in [0.25, 0.3) is 0 Å². The maximum Gasteiger partial charge on any atom is 0.179 e. The fourth-order valence-corrected chi connectivity index (χ4v) is 2.62. The van der Waals surface area contributed by atoms with E-state index < -0.39 is 0 Å². The third-order valence-electron chi connectivity index (χ3n) is 3.28. The minimum atomic E-state index is -0.177. The second kappa shape index (κ2) is 7.34. The summed E-state index contributed by atoms with van der Waals surface area (Å²) < 4.78 is 17.0. The minimum Gasteiger partial charge on any atom is -0.489 e. The van der Waals surface area contributed by atoms with E-state index in [9.17, 15) is 0 Å². The highest BCUT2D eigenvalue weighted by molar-refractivity contribution is 6.32. The molecule has 118 valence electrons. The van der Waals surface area contributed by atoms with Crippen LogP contribution in [-0.4, -0.2) is 32.0 Å². The van der Waals surface area contributed by atoms with E-state index >= 15 is 0 Å². The van der Waals surface area contributed by atoms with E-state index in [2.05, 4.69) is 19.2 Å². The van der Waals surface area contributed by atoms with E-state index in [1.807, 2.05) is 19.1 Å². The van der Waals surface area contributed by atoms with Crippen molar-refractivity contribution in [1.82, 2.24) is 5.32 Å². The third kappa shape index (κ3) is 4.77. The van der Waals surface area contributed by atoms with E-state index in [0.29, 0.717) is 37.1 Å². The monoisotopic (exact) mass is 313 g/mol. The Morgan fingerprint density at radius 3 is 2.81 bits per heavy atom. The van der Waals surface area contributed by atoms with Gasteiger partial charge in [0.15, 0.2) is 11.5 Å². The maximum absolute atomic E-state index is 6.28. The molecule has 0 fully saturated rings. The van der Waals surface area contributed by atoms with Crippen molar-refractivity contribution in [1.29, 1.82) is 0 Å². The summed E-state index contributed by atoms with van der Waals surface area (Å²) >= 11 is 6.28. The summed E-state index contributed by atoms with van der Waals surface area (Å²) in [7, 11) is 0. The maximum atomic E-state index is 6.28. The van der Waals surface area contributed by atoms with Gasteiger partial charge in [-0.05, 0) is 38.5 Å². The van der Waals surface area contributed by atoms with Crippen LogP contribution < -0.4 is 14.8 Å². The zero-order valence-electron chi connectivity index (χ0n) is 13.0. The van der Waals surface area contributed by atoms with Gasteiger partial charge in [0.05, 0.1) is 23.8 Å². The van der Waals surface area contributed by atoms with Crippen molar-refractivity contribution in [2.75, 3.05) is 26.4 Å². The molecule has 1 aromatic rings. The van der Waals surface area contributed by atoms with E-state index in [4.69, 9.17) is 25.8 Å². The summed E-state index contributed by atoms with van der Waals surface area (Å²) in [6.07, 6.45) is 0.876. The number of nitrogens with one attached hydrogen (secondary N) is 1. The van der Waals surface area contributed by atoms with Crippen molar-refractivity contribution in [2.24, 2.45) is 0 Å². The summed E-state index contributed by atoms with van der Waals surface area (Å²) in [6.45, 7) is 9.66. The Labute approximate surface area is 131 Å². The Morgan fingerprint density at radius 2 is 2.05 bits per heavy atom. The van der Waals surface area contributed by atoms with Crippen molar-refractivity contribution in [2.45, 2.75) is 39.3 Å². The van der Waals surface area contributed by atoms with E-state index in [-0.39, 0.29) is 5.60 Å². The Bertz CT molecular complexity index is 477. The number of halogens is 1. The summed E-state index contributed by atoms with van der Waals surface area (Å²) in [5, 5.41) is 4.00. The second-order valence-electron chi connectivity index (χ2n) is 5.75. The summed E-state index contributed by atoms with van der Waals surface area (Å²) in [5.41, 5.74) is 0.903. The number of rotatable bonds is 6. The first-order valence-electron chi connectivity index (χ1n) is 7.44. The average molecular weight is 314 g/mol. The second-order valence-corrected chi connectivity index (χ2v) is 6.16. The molecule has 0 unspecified atom stereocenters. The first kappa shape index (κ1) is 16.4. The molecule has 2 rings (SSSR count). The van der Waals surface area contributed by atoms with Gasteiger partial charge in [-0.25, -0.2) is 0 Å². The first-order valence-corrected chi connectivity index (χ1v) is 7.82. The highest BCUT2D eigenvalue weighted by Crippen LogP contribution is 2.37. The largest absolute Gasteiger partial charge is 0.489 e. The molecule has 1 heterocycles. The molecule has 1 aromatic carbocycles. The van der Waals surface area contributed by atoms with Crippen LogP contribution in [0.4, 0.5) is 0 Å². The first-order chi connectivity index (χ1) is 10.0. The lowest BCUT2D eigenvalue weighted by molar-refractivity contribution is -0.00897. The quantitative estimate of drug-likeness (QED) is 0.873. The van der Waals surface area contributed by atoms with Gasteiger partial charge < -0.3 is 19.5 Å². The molecular weight excluding hydrogens is 290 g/mol. The van der Waals surface area contributed by atoms with Crippen molar-refractivity contribution in [3.63, 3.8) is 0 Å². The van der Waals surface area contributed by atoms with Crippen LogP contribution in [0.5, 0.6) is 11.5 Å². The number of benzene rings is 1. The Morgan fingerprint density at radius 1 is 1.29 bits per heavy atom. The third-order valence-corrected chi connectivity index (χ3v) is 3.56. The highest BCUT2D eigenvalue weighted by Gasteiger charge is 2.18. The van der Waals surface area contributed by atoms with Crippen molar-refractivity contribution in [3.05, 3.63) is 22.7 Å². The van der Waals surface area contributed by atoms with Crippen LogP contribution in [0.1, 0.15) is 32.8 Å². The molecule has 1 N–H and O–H groups in total. The Hall–Kier alpha value is -0.970. The summed E-state index contributed by atoms with van der Waals surface area (Å²) in [4.78, 5) is 0. The standard InChI is InChI=1S/C16H24ClNO3/c1-4-21-16(2,3)11-18-10-12-8-13(17)15-14(9-12)19-6-5-7-20-15/h8-9,18H,4-7,10-11H2,1-3H3. The Balaban J connectivity index is 1.98. The van der Waals surface area contributed by atoms with Crippen LogP contribution in [0, 0.1) is 0 Å². The van der Waals surface area contributed by atoms with Crippen LogP contribution in [0.3, 0.4) is 0 Å². The van der Waals surface area contributed by atoms with Crippen molar-refractivity contribution in [3.8, 4) is 11.5 Å². The van der Waals surface area contributed by atoms with Gasteiger partial charge in [-0.2, -0.15) is 0 Å². The van der Waals surface area contributed by atoms with E-state index in [1.54, 1.807) is 0 Å². The van der Waals surface area contributed by atoms with Gasteiger partial charge in [-0.1, -0.05) is 11.6 Å². The molecule has 1 aliphatic heterocycles. The number of hydrogen-bond donors (Lipinski definition) is 1. The number of ether oxygens (including phenoxy) is 3. The highest BCUT2D eigenvalue weighted by atomic mass is 35.5. The molecular formula is C16H24ClNO3. The molecule has 0 amide bonds. The molecule has 0 saturated carbocycles. The SMILES string of the molecule is CCOC(C)(C)CNCc1cc(Cl)c2c(c1)OCCCO2. The molecule has 1 aliphatic rings. The molecule has 4 nitrogen and oxygen atoms in total. The van der Waals surface area contributed by atoms with Gasteiger partial charge in [-0.3, -0.25) is 0 Å². The number of hydrogen-bond acceptors (Lipinski definition) is 4. The van der Waals surface area contributed by atoms with Crippen LogP contribution in [-0.2, 0) is 11.3 Å².